The Balaban J connectivity index is 1.78. The monoisotopic (exact) mass is 421 g/mol. The van der Waals surface area contributed by atoms with Crippen molar-refractivity contribution in [1.82, 2.24) is 4.90 Å². The fraction of sp³-hybridized carbons (Fsp3) is 0.500. The highest BCUT2D eigenvalue weighted by Crippen LogP contribution is 2.41. The number of carbonyl (C=O) groups is 2. The first kappa shape index (κ1) is 19.1. The number of cyclic esters (lactones) is 1. The van der Waals surface area contributed by atoms with Gasteiger partial charge in [-0.05, 0) is 43.4 Å². The number of halogens is 1. The lowest BCUT2D eigenvalue weighted by Crippen LogP contribution is -2.58. The molecule has 2 saturated heterocycles. The van der Waals surface area contributed by atoms with E-state index in [1.807, 2.05) is 12.1 Å². The highest BCUT2D eigenvalue weighted by atomic mass is 79.9. The molecule has 2 aliphatic heterocycles. The number of hydrogen-bond acceptors (Lipinski definition) is 5. The van der Waals surface area contributed by atoms with Crippen LogP contribution in [-0.2, 0) is 19.1 Å². The highest BCUT2D eigenvalue weighted by molar-refractivity contribution is 9.10. The number of morpholine rings is 1. The molecule has 4 atom stereocenters. The molecule has 0 saturated carbocycles. The van der Waals surface area contributed by atoms with Crippen molar-refractivity contribution in [2.75, 3.05) is 13.2 Å². The second kappa shape index (κ2) is 7.92. The Bertz CT molecular complexity index is 702. The van der Waals surface area contributed by atoms with Crippen molar-refractivity contribution in [2.45, 2.75) is 44.9 Å². The molecule has 26 heavy (non-hydrogen) atoms. The fourth-order valence-corrected chi connectivity index (χ4v) is 4.10. The third-order valence-corrected chi connectivity index (χ3v) is 5.65. The maximum Gasteiger partial charge on any atom is 0.333 e. The van der Waals surface area contributed by atoms with Gasteiger partial charge in [-0.2, -0.15) is 0 Å². The highest BCUT2D eigenvalue weighted by Gasteiger charge is 2.45. The number of nitrogens with zero attached hydrogens (tertiary/aromatic N) is 1. The summed E-state index contributed by atoms with van der Waals surface area (Å²) in [4.78, 5) is 26.4. The Morgan fingerprint density at radius 3 is 2.69 bits per heavy atom. The minimum absolute atomic E-state index is 0.0576. The van der Waals surface area contributed by atoms with Crippen LogP contribution in [0.2, 0.25) is 0 Å². The van der Waals surface area contributed by atoms with E-state index < -0.39 is 12.1 Å². The molecule has 140 valence electrons. The number of carbonyl (C=O) groups excluding carboxylic acids is 2. The Hall–Kier alpha value is -1.66. The lowest BCUT2D eigenvalue weighted by atomic mass is 9.82. The van der Waals surface area contributed by atoms with E-state index in [-0.39, 0.29) is 24.7 Å². The van der Waals surface area contributed by atoms with Crippen molar-refractivity contribution in [3.8, 4) is 0 Å². The lowest BCUT2D eigenvalue weighted by Gasteiger charge is -2.48. The molecular formula is C20H24BrNO4. The summed E-state index contributed by atoms with van der Waals surface area (Å²) in [7, 11) is 0. The lowest BCUT2D eigenvalue weighted by molar-refractivity contribution is -0.180. The molecule has 2 heterocycles. The van der Waals surface area contributed by atoms with Crippen LogP contribution in [0.15, 0.2) is 40.9 Å². The summed E-state index contributed by atoms with van der Waals surface area (Å²) in [6.45, 7) is 8.01. The largest absolute Gasteiger partial charge is 0.458 e. The van der Waals surface area contributed by atoms with E-state index in [1.54, 1.807) is 6.92 Å². The summed E-state index contributed by atoms with van der Waals surface area (Å²) < 4.78 is 11.8. The Morgan fingerprint density at radius 1 is 1.35 bits per heavy atom. The summed E-state index contributed by atoms with van der Waals surface area (Å²) in [6, 6.07) is 8.18. The molecule has 2 aliphatic rings. The number of esters is 2. The number of piperidine rings is 1. The number of hydrogen-bond donors (Lipinski definition) is 0. The summed E-state index contributed by atoms with van der Waals surface area (Å²) >= 11 is 3.48. The van der Waals surface area contributed by atoms with Crippen LogP contribution in [0.4, 0.5) is 0 Å². The van der Waals surface area contributed by atoms with Gasteiger partial charge in [0.05, 0.1) is 0 Å². The first-order valence-electron chi connectivity index (χ1n) is 8.91. The molecule has 0 radical (unpaired) electrons. The van der Waals surface area contributed by atoms with E-state index in [4.69, 9.17) is 9.47 Å². The molecular weight excluding hydrogens is 398 g/mol. The normalized spacial score (nSPS) is 28.8. The standard InChI is InChI=1S/C20H24BrNO4/c1-12(2)19(23)25-11-16-10-22-17(20(24)26-16)9-4-13(3)18(22)14-5-7-15(21)8-6-14/h5-8,13,16-18H,1,4,9-11H2,2-3H3/t13-,16+,17-,18-/m0/s1. The second-order valence-electron chi connectivity index (χ2n) is 7.20. The van der Waals surface area contributed by atoms with Gasteiger partial charge in [0.2, 0.25) is 0 Å². The Morgan fingerprint density at radius 2 is 2.04 bits per heavy atom. The molecule has 1 aromatic carbocycles. The molecule has 1 aromatic rings. The van der Waals surface area contributed by atoms with Crippen LogP contribution >= 0.6 is 15.9 Å². The smallest absolute Gasteiger partial charge is 0.333 e. The first-order chi connectivity index (χ1) is 12.4. The quantitative estimate of drug-likeness (QED) is 0.548. The van der Waals surface area contributed by atoms with Gasteiger partial charge < -0.3 is 9.47 Å². The molecule has 0 unspecified atom stereocenters. The summed E-state index contributed by atoms with van der Waals surface area (Å²) in [6.07, 6.45) is 1.32. The second-order valence-corrected chi connectivity index (χ2v) is 8.12. The van der Waals surface area contributed by atoms with Gasteiger partial charge in [-0.15, -0.1) is 0 Å². The van der Waals surface area contributed by atoms with Gasteiger partial charge in [-0.1, -0.05) is 41.6 Å². The van der Waals surface area contributed by atoms with Crippen LogP contribution in [0.25, 0.3) is 0 Å². The number of rotatable bonds is 4. The predicted octanol–water partition coefficient (Wildman–Crippen LogP) is 3.64. The zero-order valence-electron chi connectivity index (χ0n) is 15.1. The summed E-state index contributed by atoms with van der Waals surface area (Å²) in [5, 5.41) is 0. The average molecular weight is 422 g/mol. The molecule has 0 N–H and O–H groups in total. The number of ether oxygens (including phenoxy) is 2. The number of benzene rings is 1. The van der Waals surface area contributed by atoms with Crippen LogP contribution in [-0.4, -0.2) is 42.1 Å². The fourth-order valence-electron chi connectivity index (χ4n) is 3.83. The van der Waals surface area contributed by atoms with Crippen LogP contribution < -0.4 is 0 Å². The van der Waals surface area contributed by atoms with Crippen LogP contribution in [0, 0.1) is 5.92 Å². The maximum absolute atomic E-state index is 12.5. The van der Waals surface area contributed by atoms with E-state index in [1.165, 1.54) is 5.56 Å². The Kier molecular flexibility index (Phi) is 5.82. The van der Waals surface area contributed by atoms with Crippen molar-refractivity contribution >= 4 is 27.9 Å². The van der Waals surface area contributed by atoms with Crippen molar-refractivity contribution in [2.24, 2.45) is 5.92 Å². The first-order valence-corrected chi connectivity index (χ1v) is 9.70. The summed E-state index contributed by atoms with van der Waals surface area (Å²) in [5.41, 5.74) is 1.53. The van der Waals surface area contributed by atoms with Gasteiger partial charge in [0, 0.05) is 22.6 Å². The minimum Gasteiger partial charge on any atom is -0.458 e. The van der Waals surface area contributed by atoms with Crippen molar-refractivity contribution in [3.05, 3.63) is 46.5 Å². The van der Waals surface area contributed by atoms with E-state index in [0.717, 1.165) is 17.3 Å². The van der Waals surface area contributed by atoms with Crippen LogP contribution in [0.1, 0.15) is 38.3 Å². The zero-order valence-corrected chi connectivity index (χ0v) is 16.7. The molecule has 0 aliphatic carbocycles. The van der Waals surface area contributed by atoms with E-state index >= 15 is 0 Å². The third-order valence-electron chi connectivity index (χ3n) is 5.12. The van der Waals surface area contributed by atoms with Crippen molar-refractivity contribution < 1.29 is 19.1 Å². The molecule has 2 fully saturated rings. The Labute approximate surface area is 162 Å². The van der Waals surface area contributed by atoms with E-state index in [0.29, 0.717) is 18.0 Å². The number of fused-ring (bicyclic) bond motifs is 1. The van der Waals surface area contributed by atoms with Crippen molar-refractivity contribution in [3.63, 3.8) is 0 Å². The maximum atomic E-state index is 12.5. The van der Waals surface area contributed by atoms with Gasteiger partial charge in [0.1, 0.15) is 18.8 Å². The van der Waals surface area contributed by atoms with E-state index in [2.05, 4.69) is 46.5 Å². The van der Waals surface area contributed by atoms with Crippen LogP contribution in [0.5, 0.6) is 0 Å². The minimum atomic E-state index is -0.459. The predicted molar refractivity (Wildman–Crippen MR) is 101 cm³/mol. The summed E-state index contributed by atoms with van der Waals surface area (Å²) in [5.74, 6) is -0.252. The molecule has 0 spiro atoms. The van der Waals surface area contributed by atoms with Gasteiger partial charge in [-0.3, -0.25) is 9.69 Å². The van der Waals surface area contributed by atoms with Gasteiger partial charge in [0.25, 0.3) is 0 Å². The van der Waals surface area contributed by atoms with E-state index in [9.17, 15) is 9.59 Å². The van der Waals surface area contributed by atoms with Crippen molar-refractivity contribution in [1.29, 1.82) is 0 Å². The molecule has 0 bridgehead atoms. The topological polar surface area (TPSA) is 55.8 Å². The molecule has 6 heteroatoms. The molecule has 5 nitrogen and oxygen atoms in total. The third kappa shape index (κ3) is 4.01. The molecule has 0 amide bonds. The zero-order chi connectivity index (χ0) is 18.8. The molecule has 3 rings (SSSR count). The SMILES string of the molecule is C=C(C)C(=O)OC[C@H]1CN2[C@H](c3ccc(Br)cc3)[C@@H](C)CC[C@H]2C(=O)O1. The van der Waals surface area contributed by atoms with Gasteiger partial charge >= 0.3 is 11.9 Å². The van der Waals surface area contributed by atoms with Gasteiger partial charge in [0.15, 0.2) is 0 Å². The average Bonchev–Trinajstić information content (AvgIpc) is 2.60. The van der Waals surface area contributed by atoms with Gasteiger partial charge in [-0.25, -0.2) is 4.79 Å². The molecule has 0 aromatic heterocycles. The van der Waals surface area contributed by atoms with Crippen LogP contribution in [0.3, 0.4) is 0 Å².